The molecule has 9 heteroatoms. The van der Waals surface area contributed by atoms with E-state index in [1.165, 1.54) is 29.6 Å². The van der Waals surface area contributed by atoms with Crippen LogP contribution in [0.4, 0.5) is 0 Å². The molecular weight excluding hydrogens is 384 g/mol. The van der Waals surface area contributed by atoms with Crippen LogP contribution in [0.15, 0.2) is 56.6 Å². The molecular formula is C19H18N2O6S. The molecule has 8 nitrogen and oxygen atoms in total. The second-order valence-corrected chi connectivity index (χ2v) is 8.46. The summed E-state index contributed by atoms with van der Waals surface area (Å²) in [6, 6.07) is 12.0. The number of ether oxygens (including phenoxy) is 1. The van der Waals surface area contributed by atoms with Gasteiger partial charge >= 0.3 is 11.7 Å². The maximum Gasteiger partial charge on any atom is 0.420 e. The van der Waals surface area contributed by atoms with Gasteiger partial charge in [-0.25, -0.2) is 13.2 Å². The van der Waals surface area contributed by atoms with Gasteiger partial charge < -0.3 is 9.15 Å². The first-order valence-electron chi connectivity index (χ1n) is 8.67. The number of benzene rings is 2. The number of rotatable bonds is 4. The number of sulfonamides is 1. The number of carbonyl (C=O) groups excluding carboxylic acids is 1. The zero-order chi connectivity index (χ0) is 19.9. The summed E-state index contributed by atoms with van der Waals surface area (Å²) in [6.07, 6.45) is 0.641. The first-order valence-corrected chi connectivity index (χ1v) is 10.1. The number of esters is 1. The molecule has 0 bridgehead atoms. The van der Waals surface area contributed by atoms with Crippen molar-refractivity contribution in [1.82, 2.24) is 8.87 Å². The van der Waals surface area contributed by atoms with E-state index in [1.807, 2.05) is 24.3 Å². The van der Waals surface area contributed by atoms with Crippen molar-refractivity contribution in [3.63, 3.8) is 0 Å². The Morgan fingerprint density at radius 1 is 1.18 bits per heavy atom. The molecule has 0 aliphatic carbocycles. The average molecular weight is 402 g/mol. The number of oxazole rings is 1. The standard InChI is InChI=1S/C19H18N2O6S/c1-26-18(22)12-21-16-7-6-15(10-17(16)27-19(21)23)28(24,25)20-9-8-13-4-2-3-5-14(13)11-20/h2-7,10H,8-9,11-12H2,1H3. The summed E-state index contributed by atoms with van der Waals surface area (Å²) >= 11 is 0. The first kappa shape index (κ1) is 18.5. The molecule has 3 aromatic rings. The lowest BCUT2D eigenvalue weighted by molar-refractivity contribution is -0.141. The highest BCUT2D eigenvalue weighted by molar-refractivity contribution is 7.89. The van der Waals surface area contributed by atoms with Gasteiger partial charge in [-0.2, -0.15) is 4.31 Å². The molecule has 2 aromatic carbocycles. The van der Waals surface area contributed by atoms with E-state index in [-0.39, 0.29) is 17.0 Å². The SMILES string of the molecule is COC(=O)Cn1c(=O)oc2cc(S(=O)(=O)N3CCc4ccccc4C3)ccc21. The van der Waals surface area contributed by atoms with Gasteiger partial charge in [-0.3, -0.25) is 9.36 Å². The Hall–Kier alpha value is -2.91. The van der Waals surface area contributed by atoms with E-state index < -0.39 is 21.7 Å². The predicted molar refractivity (Wildman–Crippen MR) is 100 cm³/mol. The van der Waals surface area contributed by atoms with Gasteiger partial charge in [0.1, 0.15) is 6.54 Å². The number of aromatic nitrogens is 1. The third-order valence-corrected chi connectivity index (χ3v) is 6.73. The van der Waals surface area contributed by atoms with Crippen molar-refractivity contribution in [2.75, 3.05) is 13.7 Å². The van der Waals surface area contributed by atoms with Gasteiger partial charge in [0.25, 0.3) is 0 Å². The average Bonchev–Trinajstić information content (AvgIpc) is 3.01. The maximum absolute atomic E-state index is 13.1. The van der Waals surface area contributed by atoms with Gasteiger partial charge in [0, 0.05) is 19.2 Å². The number of fused-ring (bicyclic) bond motifs is 2. The van der Waals surface area contributed by atoms with Crippen LogP contribution in [0, 0.1) is 0 Å². The zero-order valence-electron chi connectivity index (χ0n) is 15.1. The summed E-state index contributed by atoms with van der Waals surface area (Å²) in [5, 5.41) is 0. The summed E-state index contributed by atoms with van der Waals surface area (Å²) in [5.74, 6) is -1.35. The summed E-state index contributed by atoms with van der Waals surface area (Å²) in [6.45, 7) is 0.367. The minimum Gasteiger partial charge on any atom is -0.468 e. The molecule has 1 aliphatic heterocycles. The zero-order valence-corrected chi connectivity index (χ0v) is 15.9. The minimum atomic E-state index is -3.76. The van der Waals surface area contributed by atoms with Crippen molar-refractivity contribution in [3.8, 4) is 0 Å². The third kappa shape index (κ3) is 3.12. The second-order valence-electron chi connectivity index (χ2n) is 6.52. The maximum atomic E-state index is 13.1. The van der Waals surface area contributed by atoms with E-state index in [0.29, 0.717) is 25.0 Å². The van der Waals surface area contributed by atoms with Gasteiger partial charge in [0.05, 0.1) is 17.5 Å². The molecule has 0 spiro atoms. The number of methoxy groups -OCH3 is 1. The van der Waals surface area contributed by atoms with Crippen LogP contribution in [0.1, 0.15) is 11.1 Å². The van der Waals surface area contributed by atoms with Crippen LogP contribution >= 0.6 is 0 Å². The highest BCUT2D eigenvalue weighted by Crippen LogP contribution is 2.26. The lowest BCUT2D eigenvalue weighted by Gasteiger charge is -2.28. The number of hydrogen-bond donors (Lipinski definition) is 0. The monoisotopic (exact) mass is 402 g/mol. The third-order valence-electron chi connectivity index (χ3n) is 4.89. The van der Waals surface area contributed by atoms with E-state index in [0.717, 1.165) is 15.7 Å². The Morgan fingerprint density at radius 2 is 1.93 bits per heavy atom. The molecule has 0 amide bonds. The number of hydrogen-bond acceptors (Lipinski definition) is 6. The first-order chi connectivity index (χ1) is 13.4. The van der Waals surface area contributed by atoms with Gasteiger partial charge in [-0.05, 0) is 29.7 Å². The Balaban J connectivity index is 1.69. The molecule has 0 radical (unpaired) electrons. The van der Waals surface area contributed by atoms with E-state index in [2.05, 4.69) is 4.74 Å². The van der Waals surface area contributed by atoms with Crippen molar-refractivity contribution >= 4 is 27.1 Å². The predicted octanol–water partition coefficient (Wildman–Crippen LogP) is 1.51. The molecule has 0 N–H and O–H groups in total. The van der Waals surface area contributed by atoms with Gasteiger partial charge in [-0.1, -0.05) is 24.3 Å². The fourth-order valence-electron chi connectivity index (χ4n) is 3.37. The van der Waals surface area contributed by atoms with Gasteiger partial charge in [0.15, 0.2) is 5.58 Å². The van der Waals surface area contributed by atoms with Crippen LogP contribution in [-0.2, 0) is 39.1 Å². The summed E-state index contributed by atoms with van der Waals surface area (Å²) in [7, 11) is -2.54. The summed E-state index contributed by atoms with van der Waals surface area (Å²) in [4.78, 5) is 23.5. The quantitative estimate of drug-likeness (QED) is 0.614. The Morgan fingerprint density at radius 3 is 2.68 bits per heavy atom. The molecule has 0 atom stereocenters. The molecule has 146 valence electrons. The lowest BCUT2D eigenvalue weighted by Crippen LogP contribution is -2.35. The number of carbonyl (C=O) groups is 1. The van der Waals surface area contributed by atoms with Crippen LogP contribution < -0.4 is 5.76 Å². The molecule has 0 saturated heterocycles. The summed E-state index contributed by atoms with van der Waals surface area (Å²) in [5.41, 5.74) is 2.56. The van der Waals surface area contributed by atoms with Crippen molar-refractivity contribution in [2.45, 2.75) is 24.4 Å². The molecule has 0 fully saturated rings. The molecule has 0 unspecified atom stereocenters. The van der Waals surface area contributed by atoms with Crippen LogP contribution in [0.3, 0.4) is 0 Å². The lowest BCUT2D eigenvalue weighted by atomic mass is 10.0. The molecule has 28 heavy (non-hydrogen) atoms. The molecule has 0 saturated carbocycles. The van der Waals surface area contributed by atoms with E-state index in [1.54, 1.807) is 0 Å². The highest BCUT2D eigenvalue weighted by atomic mass is 32.2. The van der Waals surface area contributed by atoms with Crippen molar-refractivity contribution in [1.29, 1.82) is 0 Å². The van der Waals surface area contributed by atoms with Crippen molar-refractivity contribution < 1.29 is 22.4 Å². The van der Waals surface area contributed by atoms with Crippen molar-refractivity contribution in [3.05, 3.63) is 64.1 Å². The fourth-order valence-corrected chi connectivity index (χ4v) is 4.81. The van der Waals surface area contributed by atoms with Crippen LogP contribution in [0.5, 0.6) is 0 Å². The topological polar surface area (TPSA) is 98.8 Å². The van der Waals surface area contributed by atoms with Crippen LogP contribution in [0.2, 0.25) is 0 Å². The number of nitrogens with zero attached hydrogens (tertiary/aromatic N) is 2. The minimum absolute atomic E-state index is 0.0401. The molecule has 1 aliphatic rings. The molecule has 2 heterocycles. The van der Waals surface area contributed by atoms with Gasteiger partial charge in [0.2, 0.25) is 10.0 Å². The Labute approximate surface area is 161 Å². The van der Waals surface area contributed by atoms with E-state index in [9.17, 15) is 18.0 Å². The smallest absolute Gasteiger partial charge is 0.420 e. The molecule has 4 rings (SSSR count). The largest absolute Gasteiger partial charge is 0.468 e. The normalized spacial score (nSPS) is 14.8. The van der Waals surface area contributed by atoms with Crippen molar-refractivity contribution in [2.24, 2.45) is 0 Å². The van der Waals surface area contributed by atoms with Gasteiger partial charge in [-0.15, -0.1) is 0 Å². The Bertz CT molecular complexity index is 1220. The second kappa shape index (κ2) is 6.92. The highest BCUT2D eigenvalue weighted by Gasteiger charge is 2.29. The van der Waals surface area contributed by atoms with Crippen LogP contribution in [0.25, 0.3) is 11.1 Å². The summed E-state index contributed by atoms with van der Waals surface area (Å²) < 4.78 is 38.4. The fraction of sp³-hybridized carbons (Fsp3) is 0.263. The van der Waals surface area contributed by atoms with E-state index in [4.69, 9.17) is 4.42 Å². The Kier molecular flexibility index (Phi) is 4.56. The van der Waals surface area contributed by atoms with Crippen LogP contribution in [-0.4, -0.2) is 36.9 Å². The molecule has 1 aromatic heterocycles. The van der Waals surface area contributed by atoms with E-state index >= 15 is 0 Å².